The molecule has 35 heavy (non-hydrogen) atoms. The normalized spacial score (nSPS) is 11.8. The van der Waals surface area contributed by atoms with Gasteiger partial charge in [0.25, 0.3) is 5.91 Å². The largest absolute Gasteiger partial charge is 0.279 e. The van der Waals surface area contributed by atoms with E-state index < -0.39 is 10.0 Å². The van der Waals surface area contributed by atoms with Crippen LogP contribution in [0.5, 0.6) is 0 Å². The van der Waals surface area contributed by atoms with Gasteiger partial charge in [-0.05, 0) is 48.4 Å². The molecule has 1 aromatic heterocycles. The third kappa shape index (κ3) is 5.11. The second-order valence-corrected chi connectivity index (χ2v) is 11.4. The van der Waals surface area contributed by atoms with Crippen molar-refractivity contribution >= 4 is 54.2 Å². The summed E-state index contributed by atoms with van der Waals surface area (Å²) in [4.78, 5) is 20.2. The van der Waals surface area contributed by atoms with E-state index in [1.54, 1.807) is 30.9 Å². The molecule has 0 fully saturated rings. The lowest BCUT2D eigenvalue weighted by Gasteiger charge is -2.21. The molecule has 1 amide bonds. The van der Waals surface area contributed by atoms with Crippen LogP contribution in [0.15, 0.2) is 71.6 Å². The van der Waals surface area contributed by atoms with E-state index in [0.29, 0.717) is 35.4 Å². The summed E-state index contributed by atoms with van der Waals surface area (Å²) in [7, 11) is -3.61. The number of rotatable bonds is 8. The number of thiazole rings is 1. The number of hydrogen-bond acceptors (Lipinski definition) is 5. The van der Waals surface area contributed by atoms with Crippen LogP contribution in [-0.4, -0.2) is 36.7 Å². The maximum Gasteiger partial charge on any atom is 0.260 e. The molecule has 0 aliphatic rings. The summed E-state index contributed by atoms with van der Waals surface area (Å²) in [6, 6.07) is 19.5. The summed E-state index contributed by atoms with van der Waals surface area (Å²) < 4.78 is 27.9. The van der Waals surface area contributed by atoms with Gasteiger partial charge in [-0.3, -0.25) is 9.69 Å². The highest BCUT2D eigenvalue weighted by Gasteiger charge is 2.25. The Balaban J connectivity index is 1.74. The molecule has 0 spiro atoms. The van der Waals surface area contributed by atoms with Gasteiger partial charge in [0.2, 0.25) is 10.0 Å². The highest BCUT2D eigenvalue weighted by Crippen LogP contribution is 2.36. The van der Waals surface area contributed by atoms with Gasteiger partial charge >= 0.3 is 0 Å². The number of amides is 1. The predicted molar refractivity (Wildman–Crippen MR) is 143 cm³/mol. The van der Waals surface area contributed by atoms with Gasteiger partial charge in [-0.1, -0.05) is 73.2 Å². The molecule has 0 unspecified atom stereocenters. The molecule has 182 valence electrons. The number of carbonyl (C=O) groups is 1. The Kier molecular flexibility index (Phi) is 7.56. The van der Waals surface area contributed by atoms with Crippen LogP contribution >= 0.6 is 22.9 Å². The van der Waals surface area contributed by atoms with E-state index in [1.807, 2.05) is 49.4 Å². The summed E-state index contributed by atoms with van der Waals surface area (Å²) in [5, 5.41) is 1.12. The van der Waals surface area contributed by atoms with Crippen molar-refractivity contribution in [1.29, 1.82) is 0 Å². The molecular formula is C26H26ClN3O3S2. The Bertz CT molecular complexity index is 1410. The van der Waals surface area contributed by atoms with Crippen molar-refractivity contribution in [2.24, 2.45) is 0 Å². The first kappa shape index (κ1) is 25.3. The van der Waals surface area contributed by atoms with Crippen molar-refractivity contribution in [3.63, 3.8) is 0 Å². The van der Waals surface area contributed by atoms with Gasteiger partial charge in [-0.2, -0.15) is 4.31 Å². The number of benzene rings is 3. The molecule has 0 N–H and O–H groups in total. The molecule has 0 aliphatic carbocycles. The van der Waals surface area contributed by atoms with Gasteiger partial charge in [-0.25, -0.2) is 13.4 Å². The number of sulfonamides is 1. The SMILES string of the molecule is CCN(CC)S(=O)(=O)c1ccc(C(=O)N(Cc2ccccc2)c2nc3c(C)ccc(Cl)c3s2)cc1. The fraction of sp³-hybridized carbons (Fsp3) is 0.231. The Morgan fingerprint density at radius 2 is 1.63 bits per heavy atom. The second kappa shape index (κ2) is 10.5. The first-order chi connectivity index (χ1) is 16.8. The molecule has 1 heterocycles. The van der Waals surface area contributed by atoms with E-state index in [2.05, 4.69) is 0 Å². The van der Waals surface area contributed by atoms with E-state index in [-0.39, 0.29) is 10.8 Å². The molecule has 0 radical (unpaired) electrons. The van der Waals surface area contributed by atoms with E-state index in [4.69, 9.17) is 16.6 Å². The summed E-state index contributed by atoms with van der Waals surface area (Å²) in [5.74, 6) is -0.270. The van der Waals surface area contributed by atoms with E-state index in [9.17, 15) is 13.2 Å². The van der Waals surface area contributed by atoms with Crippen LogP contribution in [0.25, 0.3) is 10.2 Å². The highest BCUT2D eigenvalue weighted by molar-refractivity contribution is 7.89. The minimum Gasteiger partial charge on any atom is -0.279 e. The fourth-order valence-electron chi connectivity index (χ4n) is 3.84. The summed E-state index contributed by atoms with van der Waals surface area (Å²) in [6.07, 6.45) is 0. The van der Waals surface area contributed by atoms with Crippen LogP contribution in [0.3, 0.4) is 0 Å². The summed E-state index contributed by atoms with van der Waals surface area (Å²) in [6.45, 7) is 6.63. The molecule has 0 atom stereocenters. The standard InChI is InChI=1S/C26H26ClN3O3S2/c1-4-29(5-2)35(32,33)21-14-12-20(13-15-21)25(31)30(17-19-9-7-6-8-10-19)26-28-23-18(3)11-16-22(27)24(23)34-26/h6-16H,4-5,17H2,1-3H3. The monoisotopic (exact) mass is 527 g/mol. The molecule has 0 aliphatic heterocycles. The Labute approximate surface area is 214 Å². The average Bonchev–Trinajstić information content (AvgIpc) is 3.32. The zero-order chi connectivity index (χ0) is 25.2. The molecule has 0 saturated carbocycles. The van der Waals surface area contributed by atoms with E-state index in [0.717, 1.165) is 21.3 Å². The van der Waals surface area contributed by atoms with E-state index in [1.165, 1.54) is 27.8 Å². The van der Waals surface area contributed by atoms with Gasteiger partial charge in [0.15, 0.2) is 5.13 Å². The minimum atomic E-state index is -3.61. The van der Waals surface area contributed by atoms with Crippen LogP contribution < -0.4 is 4.90 Å². The Morgan fingerprint density at radius 3 is 2.23 bits per heavy atom. The maximum absolute atomic E-state index is 13.7. The lowest BCUT2D eigenvalue weighted by atomic mass is 10.1. The van der Waals surface area contributed by atoms with Gasteiger partial charge < -0.3 is 0 Å². The zero-order valence-corrected chi connectivity index (χ0v) is 22.1. The van der Waals surface area contributed by atoms with Crippen LogP contribution in [0.4, 0.5) is 5.13 Å². The smallest absolute Gasteiger partial charge is 0.260 e. The number of carbonyl (C=O) groups excluding carboxylic acids is 1. The lowest BCUT2D eigenvalue weighted by molar-refractivity contribution is 0.0985. The molecule has 0 saturated heterocycles. The van der Waals surface area contributed by atoms with Crippen molar-refractivity contribution in [2.75, 3.05) is 18.0 Å². The van der Waals surface area contributed by atoms with Crippen molar-refractivity contribution in [2.45, 2.75) is 32.2 Å². The number of hydrogen-bond donors (Lipinski definition) is 0. The Hall–Kier alpha value is -2.78. The quantitative estimate of drug-likeness (QED) is 0.276. The van der Waals surface area contributed by atoms with Gasteiger partial charge in [0, 0.05) is 18.7 Å². The van der Waals surface area contributed by atoms with Crippen LogP contribution in [0.2, 0.25) is 5.02 Å². The minimum absolute atomic E-state index is 0.162. The van der Waals surface area contributed by atoms with Gasteiger partial charge in [-0.15, -0.1) is 0 Å². The third-order valence-electron chi connectivity index (χ3n) is 5.79. The van der Waals surface area contributed by atoms with Crippen molar-refractivity contribution in [1.82, 2.24) is 9.29 Å². The van der Waals surface area contributed by atoms with Crippen molar-refractivity contribution in [3.8, 4) is 0 Å². The number of nitrogens with zero attached hydrogens (tertiary/aromatic N) is 3. The summed E-state index contributed by atoms with van der Waals surface area (Å²) in [5.41, 5.74) is 3.07. The number of halogens is 1. The van der Waals surface area contributed by atoms with Crippen molar-refractivity contribution < 1.29 is 13.2 Å². The zero-order valence-electron chi connectivity index (χ0n) is 19.7. The average molecular weight is 528 g/mol. The number of aryl methyl sites for hydroxylation is 1. The Morgan fingerprint density at radius 1 is 0.971 bits per heavy atom. The third-order valence-corrected chi connectivity index (χ3v) is 9.39. The van der Waals surface area contributed by atoms with Crippen LogP contribution in [-0.2, 0) is 16.6 Å². The first-order valence-corrected chi connectivity index (χ1v) is 13.9. The fourth-order valence-corrected chi connectivity index (χ4v) is 6.61. The molecular weight excluding hydrogens is 502 g/mol. The van der Waals surface area contributed by atoms with Crippen molar-refractivity contribution in [3.05, 3.63) is 88.4 Å². The van der Waals surface area contributed by atoms with E-state index >= 15 is 0 Å². The number of anilines is 1. The first-order valence-electron chi connectivity index (χ1n) is 11.3. The molecule has 3 aromatic carbocycles. The molecule has 4 rings (SSSR count). The van der Waals surface area contributed by atoms with Crippen LogP contribution in [0, 0.1) is 6.92 Å². The topological polar surface area (TPSA) is 70.6 Å². The highest BCUT2D eigenvalue weighted by atomic mass is 35.5. The maximum atomic E-state index is 13.7. The lowest BCUT2D eigenvalue weighted by Crippen LogP contribution is -2.31. The molecule has 4 aromatic rings. The number of fused-ring (bicyclic) bond motifs is 1. The summed E-state index contributed by atoms with van der Waals surface area (Å²) >= 11 is 7.78. The molecule has 6 nitrogen and oxygen atoms in total. The van der Waals surface area contributed by atoms with Crippen LogP contribution in [0.1, 0.15) is 35.3 Å². The molecule has 9 heteroatoms. The number of aromatic nitrogens is 1. The second-order valence-electron chi connectivity index (χ2n) is 8.03. The molecule has 0 bridgehead atoms. The van der Waals surface area contributed by atoms with Gasteiger partial charge in [0.1, 0.15) is 0 Å². The van der Waals surface area contributed by atoms with Gasteiger partial charge in [0.05, 0.1) is 26.7 Å². The predicted octanol–water partition coefficient (Wildman–Crippen LogP) is 6.14.